The Kier molecular flexibility index (Phi) is 8.17. The van der Waals surface area contributed by atoms with Gasteiger partial charge in [0.2, 0.25) is 0 Å². The molecule has 1 aliphatic rings. The van der Waals surface area contributed by atoms with Crippen LogP contribution in [0.5, 0.6) is 0 Å². The van der Waals surface area contributed by atoms with Crippen LogP contribution in [0.1, 0.15) is 71.1 Å². The van der Waals surface area contributed by atoms with Gasteiger partial charge < -0.3 is 4.79 Å². The summed E-state index contributed by atoms with van der Waals surface area (Å²) in [5, 5.41) is 0. The first kappa shape index (κ1) is 15.2. The molecule has 0 radical (unpaired) electrons. The molecule has 0 N–H and O–H groups in total. The topological polar surface area (TPSA) is 17.1 Å². The summed E-state index contributed by atoms with van der Waals surface area (Å²) < 4.78 is 0. The zero-order valence-corrected chi connectivity index (χ0v) is 12.8. The van der Waals surface area contributed by atoms with Crippen LogP contribution in [0.3, 0.4) is 0 Å². The van der Waals surface area contributed by atoms with Crippen molar-refractivity contribution in [1.82, 2.24) is 0 Å². The maximum Gasteiger partial charge on any atom is 0.120 e. The molecule has 0 spiro atoms. The van der Waals surface area contributed by atoms with Crippen molar-refractivity contribution in [3.8, 4) is 0 Å². The number of alkyl halides is 1. The van der Waals surface area contributed by atoms with Crippen LogP contribution in [0.2, 0.25) is 0 Å². The van der Waals surface area contributed by atoms with E-state index in [9.17, 15) is 4.79 Å². The van der Waals surface area contributed by atoms with Crippen LogP contribution in [0.15, 0.2) is 0 Å². The molecule has 1 fully saturated rings. The van der Waals surface area contributed by atoms with E-state index in [2.05, 4.69) is 22.9 Å². The molecule has 17 heavy (non-hydrogen) atoms. The van der Waals surface area contributed by atoms with Gasteiger partial charge in [0, 0.05) is 11.2 Å². The quantitative estimate of drug-likeness (QED) is 0.346. The highest BCUT2D eigenvalue weighted by Crippen LogP contribution is 2.36. The minimum Gasteiger partial charge on any atom is -0.303 e. The monoisotopic (exact) mass is 302 g/mol. The molecule has 0 bridgehead atoms. The van der Waals surface area contributed by atoms with Crippen LogP contribution in [-0.2, 0) is 4.79 Å². The molecular formula is C15H27BrO. The van der Waals surface area contributed by atoms with Gasteiger partial charge in [-0.15, -0.1) is 0 Å². The van der Waals surface area contributed by atoms with Gasteiger partial charge in [-0.2, -0.15) is 0 Å². The van der Waals surface area contributed by atoms with Crippen molar-refractivity contribution in [3.05, 3.63) is 0 Å². The number of unbranched alkanes of at least 4 members (excludes halogenated alkanes) is 2. The van der Waals surface area contributed by atoms with E-state index in [0.717, 1.165) is 24.5 Å². The Morgan fingerprint density at radius 1 is 1.24 bits per heavy atom. The van der Waals surface area contributed by atoms with E-state index in [1.54, 1.807) is 0 Å². The third kappa shape index (κ3) is 6.03. The number of halogens is 1. The van der Waals surface area contributed by atoms with Gasteiger partial charge in [-0.3, -0.25) is 0 Å². The van der Waals surface area contributed by atoms with E-state index >= 15 is 0 Å². The Hall–Kier alpha value is 0.150. The summed E-state index contributed by atoms with van der Waals surface area (Å²) in [5.74, 6) is 1.81. The second kappa shape index (κ2) is 9.13. The molecule has 1 saturated carbocycles. The Bertz CT molecular complexity index is 197. The summed E-state index contributed by atoms with van der Waals surface area (Å²) in [6.45, 7) is 2.28. The molecule has 1 rings (SSSR count). The molecule has 0 heterocycles. The minimum atomic E-state index is 0.573. The van der Waals surface area contributed by atoms with Gasteiger partial charge in [-0.25, -0.2) is 0 Å². The Labute approximate surface area is 115 Å². The average molecular weight is 303 g/mol. The fourth-order valence-corrected chi connectivity index (χ4v) is 3.78. The van der Waals surface area contributed by atoms with E-state index in [-0.39, 0.29) is 0 Å². The number of hydrogen-bond acceptors (Lipinski definition) is 1. The first-order valence-electron chi connectivity index (χ1n) is 7.35. The number of carbonyl (C=O) groups excluding carboxylic acids is 1. The van der Waals surface area contributed by atoms with Crippen LogP contribution in [0.4, 0.5) is 0 Å². The van der Waals surface area contributed by atoms with Gasteiger partial charge in [-0.05, 0) is 31.1 Å². The standard InChI is InChI=1S/C15H27BrO/c1-2-3-4-6-13-8-10-14(11-9-13)15(16)7-5-12-17/h12-15H,2-11H2,1H3. The van der Waals surface area contributed by atoms with Crippen LogP contribution >= 0.6 is 15.9 Å². The number of aldehydes is 1. The molecule has 1 atom stereocenters. The molecular weight excluding hydrogens is 276 g/mol. The SMILES string of the molecule is CCCCCC1CCC(C(Br)CCC=O)CC1. The average Bonchev–Trinajstić information content (AvgIpc) is 2.37. The zero-order chi connectivity index (χ0) is 12.5. The van der Waals surface area contributed by atoms with E-state index in [1.165, 1.54) is 51.4 Å². The second-order valence-corrected chi connectivity index (χ2v) is 6.71. The summed E-state index contributed by atoms with van der Waals surface area (Å²) in [5.41, 5.74) is 0. The van der Waals surface area contributed by atoms with E-state index in [0.29, 0.717) is 11.2 Å². The lowest BCUT2D eigenvalue weighted by Crippen LogP contribution is -2.22. The minimum absolute atomic E-state index is 0.573. The van der Waals surface area contributed by atoms with E-state index in [4.69, 9.17) is 0 Å². The van der Waals surface area contributed by atoms with Crippen LogP contribution in [0, 0.1) is 11.8 Å². The molecule has 1 nitrogen and oxygen atoms in total. The molecule has 1 aliphatic carbocycles. The zero-order valence-electron chi connectivity index (χ0n) is 11.2. The van der Waals surface area contributed by atoms with E-state index < -0.39 is 0 Å². The molecule has 0 aromatic rings. The fraction of sp³-hybridized carbons (Fsp3) is 0.933. The largest absolute Gasteiger partial charge is 0.303 e. The Balaban J connectivity index is 2.14. The molecule has 2 heteroatoms. The number of rotatable bonds is 8. The lowest BCUT2D eigenvalue weighted by atomic mass is 9.78. The molecule has 0 aromatic heterocycles. The summed E-state index contributed by atoms with van der Waals surface area (Å²) in [4.78, 5) is 10.9. The molecule has 1 unspecified atom stereocenters. The highest BCUT2D eigenvalue weighted by atomic mass is 79.9. The summed E-state index contributed by atoms with van der Waals surface area (Å²) in [6.07, 6.45) is 14.0. The van der Waals surface area contributed by atoms with Gasteiger partial charge in [0.25, 0.3) is 0 Å². The molecule has 0 aliphatic heterocycles. The maximum atomic E-state index is 10.4. The first-order chi connectivity index (χ1) is 8.27. The highest BCUT2D eigenvalue weighted by molar-refractivity contribution is 9.09. The van der Waals surface area contributed by atoms with Gasteiger partial charge in [0.1, 0.15) is 6.29 Å². The smallest absolute Gasteiger partial charge is 0.120 e. The Morgan fingerprint density at radius 2 is 1.94 bits per heavy atom. The summed E-state index contributed by atoms with van der Waals surface area (Å²) >= 11 is 3.77. The summed E-state index contributed by atoms with van der Waals surface area (Å²) in [6, 6.07) is 0. The lowest BCUT2D eigenvalue weighted by Gasteiger charge is -2.31. The number of hydrogen-bond donors (Lipinski definition) is 0. The first-order valence-corrected chi connectivity index (χ1v) is 8.27. The third-order valence-electron chi connectivity index (χ3n) is 4.18. The van der Waals surface area contributed by atoms with Crippen molar-refractivity contribution in [1.29, 1.82) is 0 Å². The van der Waals surface area contributed by atoms with Crippen LogP contribution < -0.4 is 0 Å². The van der Waals surface area contributed by atoms with Gasteiger partial charge >= 0.3 is 0 Å². The Morgan fingerprint density at radius 3 is 2.53 bits per heavy atom. The van der Waals surface area contributed by atoms with Crippen molar-refractivity contribution in [2.24, 2.45) is 11.8 Å². The van der Waals surface area contributed by atoms with Gasteiger partial charge in [-0.1, -0.05) is 61.4 Å². The molecule has 0 saturated heterocycles. The van der Waals surface area contributed by atoms with Crippen LogP contribution in [-0.4, -0.2) is 11.1 Å². The van der Waals surface area contributed by atoms with Crippen LogP contribution in [0.25, 0.3) is 0 Å². The predicted octanol–water partition coefficient (Wildman–Crippen LogP) is 5.12. The molecule has 100 valence electrons. The van der Waals surface area contributed by atoms with Crippen molar-refractivity contribution in [3.63, 3.8) is 0 Å². The molecule has 0 amide bonds. The van der Waals surface area contributed by atoms with Gasteiger partial charge in [0.05, 0.1) is 0 Å². The second-order valence-electron chi connectivity index (χ2n) is 5.54. The normalized spacial score (nSPS) is 26.7. The van der Waals surface area contributed by atoms with Crippen molar-refractivity contribution >= 4 is 22.2 Å². The maximum absolute atomic E-state index is 10.4. The van der Waals surface area contributed by atoms with Gasteiger partial charge in [0.15, 0.2) is 0 Å². The third-order valence-corrected chi connectivity index (χ3v) is 5.38. The lowest BCUT2D eigenvalue weighted by molar-refractivity contribution is -0.107. The number of carbonyl (C=O) groups is 1. The van der Waals surface area contributed by atoms with Crippen molar-refractivity contribution in [2.75, 3.05) is 0 Å². The van der Waals surface area contributed by atoms with Crippen molar-refractivity contribution in [2.45, 2.75) is 76.0 Å². The van der Waals surface area contributed by atoms with E-state index in [1.807, 2.05) is 0 Å². The highest BCUT2D eigenvalue weighted by Gasteiger charge is 2.25. The summed E-state index contributed by atoms with van der Waals surface area (Å²) in [7, 11) is 0. The fourth-order valence-electron chi connectivity index (χ4n) is 2.98. The predicted molar refractivity (Wildman–Crippen MR) is 77.6 cm³/mol. The molecule has 0 aromatic carbocycles. The van der Waals surface area contributed by atoms with Crippen molar-refractivity contribution < 1.29 is 4.79 Å².